The molecule has 10 nitrogen and oxygen atoms in total. The fourth-order valence-electron chi connectivity index (χ4n) is 6.20. The van der Waals surface area contributed by atoms with Crippen molar-refractivity contribution >= 4 is 40.7 Å². The number of piperidine rings is 1. The molecule has 1 saturated heterocycles. The van der Waals surface area contributed by atoms with Crippen LogP contribution in [0, 0.1) is 5.41 Å². The van der Waals surface area contributed by atoms with Gasteiger partial charge < -0.3 is 10.2 Å². The minimum absolute atomic E-state index is 0.00779. The zero-order valence-corrected chi connectivity index (χ0v) is 28.3. The van der Waals surface area contributed by atoms with E-state index in [1.165, 1.54) is 0 Å². The second-order valence-corrected chi connectivity index (χ2v) is 15.1. The molecule has 2 aliphatic heterocycles. The maximum absolute atomic E-state index is 14.6. The van der Waals surface area contributed by atoms with E-state index >= 15 is 0 Å². The number of likely N-dealkylation sites (tertiary alicyclic amines) is 1. The van der Waals surface area contributed by atoms with Crippen LogP contribution in [0.4, 0.5) is 0 Å². The van der Waals surface area contributed by atoms with Crippen molar-refractivity contribution < 1.29 is 9.59 Å². The van der Waals surface area contributed by atoms with Crippen LogP contribution >= 0.6 is 23.2 Å². The summed E-state index contributed by atoms with van der Waals surface area (Å²) in [5.74, 6) is 0.0251. The van der Waals surface area contributed by atoms with E-state index in [4.69, 9.17) is 28.2 Å². The van der Waals surface area contributed by atoms with Gasteiger partial charge >= 0.3 is 0 Å². The highest BCUT2D eigenvalue weighted by Gasteiger charge is 2.52. The summed E-state index contributed by atoms with van der Waals surface area (Å²) in [6, 6.07) is 12.4. The molecule has 3 heterocycles. The number of halogens is 2. The first kappa shape index (κ1) is 33.0. The molecule has 2 amide bonds. The number of hydrogen-bond donors (Lipinski definition) is 2. The molecule has 12 heteroatoms. The molecule has 45 heavy (non-hydrogen) atoms. The summed E-state index contributed by atoms with van der Waals surface area (Å²) in [5.41, 5.74) is 1.81. The Morgan fingerprint density at radius 2 is 1.67 bits per heavy atom. The standard InChI is InChI=1S/C33H42Cl2N8O2/c1-31(2,3)12-11-26(21-7-9-22(10-8-21)29(44)36-20-27-38-40-41-39-27)43-30(45)28(23-17-24(34)19-25(35)18-23)37-33(43)13-15-42(16-14-33)32(4,5)6/h7-10,17-19,26H,11-16,20H2,1-6H3,(H,36,44)(H,38,39,40,41)/t26-/m1/s1. The van der Waals surface area contributed by atoms with Gasteiger partial charge in [0, 0.05) is 52.6 Å². The number of H-pyrrole nitrogens is 1. The zero-order chi connectivity index (χ0) is 32.6. The van der Waals surface area contributed by atoms with Crippen LogP contribution in [0.15, 0.2) is 47.5 Å². The lowest BCUT2D eigenvalue weighted by Crippen LogP contribution is -2.57. The number of benzene rings is 2. The number of aromatic amines is 1. The van der Waals surface area contributed by atoms with Crippen LogP contribution in [-0.2, 0) is 11.3 Å². The van der Waals surface area contributed by atoms with Crippen LogP contribution in [0.5, 0.6) is 0 Å². The second-order valence-electron chi connectivity index (χ2n) is 14.2. The van der Waals surface area contributed by atoms with E-state index in [0.717, 1.165) is 31.5 Å². The Balaban J connectivity index is 1.51. The predicted octanol–water partition coefficient (Wildman–Crippen LogP) is 6.23. The van der Waals surface area contributed by atoms with Crippen LogP contribution in [-0.4, -0.2) is 72.2 Å². The molecule has 0 aliphatic carbocycles. The first-order valence-electron chi connectivity index (χ1n) is 15.4. The van der Waals surface area contributed by atoms with E-state index in [-0.39, 0.29) is 35.4 Å². The molecular formula is C33H42Cl2N8O2. The van der Waals surface area contributed by atoms with E-state index in [0.29, 0.717) is 45.5 Å². The molecule has 1 atom stereocenters. The summed E-state index contributed by atoms with van der Waals surface area (Å²) < 4.78 is 0. The van der Waals surface area contributed by atoms with Gasteiger partial charge in [0.15, 0.2) is 5.82 Å². The first-order valence-corrected chi connectivity index (χ1v) is 16.2. The van der Waals surface area contributed by atoms with Crippen molar-refractivity contribution in [3.05, 3.63) is 75.0 Å². The predicted molar refractivity (Wildman–Crippen MR) is 176 cm³/mol. The highest BCUT2D eigenvalue weighted by molar-refractivity contribution is 6.47. The molecule has 240 valence electrons. The van der Waals surface area contributed by atoms with Gasteiger partial charge in [-0.2, -0.15) is 5.21 Å². The maximum atomic E-state index is 14.6. The maximum Gasteiger partial charge on any atom is 0.275 e. The summed E-state index contributed by atoms with van der Waals surface area (Å²) >= 11 is 12.8. The second kappa shape index (κ2) is 12.8. The third-order valence-electron chi connectivity index (χ3n) is 8.67. The van der Waals surface area contributed by atoms with Gasteiger partial charge in [0.05, 0.1) is 12.6 Å². The number of rotatable bonds is 8. The van der Waals surface area contributed by atoms with E-state index in [2.05, 4.69) is 72.4 Å². The van der Waals surface area contributed by atoms with E-state index in [1.54, 1.807) is 30.3 Å². The van der Waals surface area contributed by atoms with Crippen LogP contribution in [0.1, 0.15) is 101 Å². The van der Waals surface area contributed by atoms with Crippen molar-refractivity contribution in [2.75, 3.05) is 13.1 Å². The highest BCUT2D eigenvalue weighted by Crippen LogP contribution is 2.45. The number of carbonyl (C=O) groups excluding carboxylic acids is 2. The number of amides is 2. The van der Waals surface area contributed by atoms with E-state index in [1.807, 2.05) is 17.0 Å². The number of nitrogens with zero attached hydrogens (tertiary/aromatic N) is 6. The fourth-order valence-corrected chi connectivity index (χ4v) is 6.73. The molecule has 0 unspecified atom stereocenters. The van der Waals surface area contributed by atoms with Crippen molar-refractivity contribution in [2.45, 2.75) is 91.0 Å². The Hall–Kier alpha value is -3.34. The van der Waals surface area contributed by atoms with Crippen molar-refractivity contribution in [3.8, 4) is 0 Å². The normalized spacial score (nSPS) is 17.9. The summed E-state index contributed by atoms with van der Waals surface area (Å²) in [4.78, 5) is 37.2. The van der Waals surface area contributed by atoms with Crippen molar-refractivity contribution in [1.82, 2.24) is 35.7 Å². The molecule has 2 aliphatic rings. The minimum atomic E-state index is -0.716. The molecule has 1 fully saturated rings. The van der Waals surface area contributed by atoms with Gasteiger partial charge in [-0.05, 0) is 74.9 Å². The van der Waals surface area contributed by atoms with Crippen LogP contribution < -0.4 is 5.32 Å². The van der Waals surface area contributed by atoms with Crippen LogP contribution in [0.2, 0.25) is 10.0 Å². The average Bonchev–Trinajstić information content (AvgIpc) is 3.58. The monoisotopic (exact) mass is 652 g/mol. The quantitative estimate of drug-likeness (QED) is 0.298. The van der Waals surface area contributed by atoms with Crippen molar-refractivity contribution in [3.63, 3.8) is 0 Å². The summed E-state index contributed by atoms with van der Waals surface area (Å²) in [6.07, 6.45) is 3.03. The number of carbonyl (C=O) groups is 2. The van der Waals surface area contributed by atoms with Gasteiger partial charge in [-0.15, -0.1) is 10.2 Å². The summed E-state index contributed by atoms with van der Waals surface area (Å²) in [5, 5.41) is 17.4. The van der Waals surface area contributed by atoms with Gasteiger partial charge in [0.2, 0.25) is 0 Å². The van der Waals surface area contributed by atoms with Gasteiger partial charge in [0.25, 0.3) is 11.8 Å². The third kappa shape index (κ3) is 7.56. The molecule has 0 radical (unpaired) electrons. The summed E-state index contributed by atoms with van der Waals surface area (Å²) in [6.45, 7) is 15.1. The van der Waals surface area contributed by atoms with E-state index < -0.39 is 5.66 Å². The molecule has 1 spiro atoms. The largest absolute Gasteiger partial charge is 0.345 e. The Morgan fingerprint density at radius 3 is 2.22 bits per heavy atom. The first-order chi connectivity index (χ1) is 21.1. The zero-order valence-electron chi connectivity index (χ0n) is 26.8. The Labute approximate surface area is 275 Å². The van der Waals surface area contributed by atoms with Crippen molar-refractivity contribution in [1.29, 1.82) is 0 Å². The molecule has 5 rings (SSSR count). The number of tetrazole rings is 1. The van der Waals surface area contributed by atoms with Gasteiger partial charge in [-0.3, -0.25) is 19.5 Å². The smallest absolute Gasteiger partial charge is 0.275 e. The van der Waals surface area contributed by atoms with Crippen LogP contribution in [0.25, 0.3) is 0 Å². The lowest BCUT2D eigenvalue weighted by atomic mass is 9.84. The number of aromatic nitrogens is 4. The highest BCUT2D eigenvalue weighted by atomic mass is 35.5. The summed E-state index contributed by atoms with van der Waals surface area (Å²) in [7, 11) is 0. The van der Waals surface area contributed by atoms with Gasteiger partial charge in [0.1, 0.15) is 11.4 Å². The molecule has 3 aromatic rings. The Morgan fingerprint density at radius 1 is 1.02 bits per heavy atom. The molecule has 2 aromatic carbocycles. The number of hydrogen-bond acceptors (Lipinski definition) is 7. The van der Waals surface area contributed by atoms with E-state index in [9.17, 15) is 9.59 Å². The number of nitrogens with one attached hydrogen (secondary N) is 2. The molecule has 2 N–H and O–H groups in total. The average molecular weight is 654 g/mol. The van der Waals surface area contributed by atoms with Crippen LogP contribution in [0.3, 0.4) is 0 Å². The topological polar surface area (TPSA) is 119 Å². The molecule has 1 aromatic heterocycles. The lowest BCUT2D eigenvalue weighted by Gasteiger charge is -2.49. The van der Waals surface area contributed by atoms with Gasteiger partial charge in [-0.1, -0.05) is 61.3 Å². The molecular weight excluding hydrogens is 611 g/mol. The minimum Gasteiger partial charge on any atom is -0.345 e. The molecule has 0 bridgehead atoms. The lowest BCUT2D eigenvalue weighted by molar-refractivity contribution is -0.134. The van der Waals surface area contributed by atoms with Crippen molar-refractivity contribution in [2.24, 2.45) is 10.4 Å². The fraction of sp³-hybridized carbons (Fsp3) is 0.515. The SMILES string of the molecule is CC(C)(C)CC[C@H](c1ccc(C(=O)NCc2nn[nH]n2)cc1)N1C(=O)C(c2cc(Cl)cc(Cl)c2)=NC12CCN(C(C)(C)C)CC2. The Bertz CT molecular complexity index is 1530. The third-order valence-corrected chi connectivity index (χ3v) is 9.11. The molecule has 0 saturated carbocycles. The Kier molecular flexibility index (Phi) is 9.40. The van der Waals surface area contributed by atoms with Gasteiger partial charge in [-0.25, -0.2) is 0 Å². The number of aliphatic imine (C=N–C) groups is 1.